The van der Waals surface area contributed by atoms with Crippen LogP contribution in [-0.2, 0) is 9.59 Å². The monoisotopic (exact) mass is 352 g/mol. The molecule has 2 aromatic rings. The number of hydrogen-bond donors (Lipinski definition) is 2. The van der Waals surface area contributed by atoms with E-state index in [1.807, 2.05) is 6.92 Å². The van der Waals surface area contributed by atoms with Gasteiger partial charge in [-0.3, -0.25) is 9.59 Å². The Morgan fingerprint density at radius 1 is 1.17 bits per heavy atom. The Balaban J connectivity index is 1.77. The highest BCUT2D eigenvalue weighted by atomic mass is 32.2. The Labute approximate surface area is 142 Å². The van der Waals surface area contributed by atoms with E-state index in [4.69, 9.17) is 4.42 Å². The number of hydrogen-bond acceptors (Lipinski definition) is 6. The SMILES string of the molecule is CCCNC(=O)CNC(=O)CSc1nnc(-c2ccc(F)cc2)o1. The second-order valence-electron chi connectivity index (χ2n) is 4.80. The first kappa shape index (κ1) is 17.9. The molecule has 0 bridgehead atoms. The van der Waals surface area contributed by atoms with Gasteiger partial charge in [-0.25, -0.2) is 4.39 Å². The smallest absolute Gasteiger partial charge is 0.277 e. The molecule has 0 atom stereocenters. The highest BCUT2D eigenvalue weighted by molar-refractivity contribution is 7.99. The second-order valence-corrected chi connectivity index (χ2v) is 5.72. The minimum atomic E-state index is -0.354. The molecule has 0 unspecified atom stereocenters. The molecule has 0 spiro atoms. The van der Waals surface area contributed by atoms with E-state index in [9.17, 15) is 14.0 Å². The van der Waals surface area contributed by atoms with Crippen LogP contribution in [0.25, 0.3) is 11.5 Å². The van der Waals surface area contributed by atoms with Gasteiger partial charge >= 0.3 is 0 Å². The number of carbonyl (C=O) groups is 2. The summed E-state index contributed by atoms with van der Waals surface area (Å²) < 4.78 is 18.3. The first-order chi connectivity index (χ1) is 11.6. The van der Waals surface area contributed by atoms with E-state index < -0.39 is 0 Å². The third-order valence-corrected chi connectivity index (χ3v) is 3.66. The van der Waals surface area contributed by atoms with Crippen LogP contribution in [0.3, 0.4) is 0 Å². The molecule has 0 saturated heterocycles. The number of nitrogens with one attached hydrogen (secondary N) is 2. The fraction of sp³-hybridized carbons (Fsp3) is 0.333. The van der Waals surface area contributed by atoms with Crippen LogP contribution in [-0.4, -0.2) is 40.9 Å². The molecule has 0 fully saturated rings. The quantitative estimate of drug-likeness (QED) is 0.701. The highest BCUT2D eigenvalue weighted by Gasteiger charge is 2.12. The van der Waals surface area contributed by atoms with E-state index in [1.54, 1.807) is 0 Å². The predicted molar refractivity (Wildman–Crippen MR) is 86.7 cm³/mol. The number of aromatic nitrogens is 2. The molecule has 1 heterocycles. The Morgan fingerprint density at radius 2 is 1.92 bits per heavy atom. The van der Waals surface area contributed by atoms with Gasteiger partial charge in [0.25, 0.3) is 5.22 Å². The van der Waals surface area contributed by atoms with E-state index in [-0.39, 0.29) is 41.0 Å². The van der Waals surface area contributed by atoms with Crippen molar-refractivity contribution < 1.29 is 18.4 Å². The number of thioether (sulfide) groups is 1. The van der Waals surface area contributed by atoms with Crippen molar-refractivity contribution in [2.24, 2.45) is 0 Å². The Bertz CT molecular complexity index is 690. The van der Waals surface area contributed by atoms with E-state index in [1.165, 1.54) is 24.3 Å². The van der Waals surface area contributed by atoms with Gasteiger partial charge < -0.3 is 15.1 Å². The molecule has 9 heteroatoms. The van der Waals surface area contributed by atoms with Gasteiger partial charge in [0.15, 0.2) is 0 Å². The fourth-order valence-corrected chi connectivity index (χ4v) is 2.25. The van der Waals surface area contributed by atoms with Gasteiger partial charge in [0.05, 0.1) is 12.3 Å². The van der Waals surface area contributed by atoms with Crippen molar-refractivity contribution >= 4 is 23.6 Å². The van der Waals surface area contributed by atoms with Crippen LogP contribution < -0.4 is 10.6 Å². The summed E-state index contributed by atoms with van der Waals surface area (Å²) in [7, 11) is 0. The first-order valence-corrected chi connectivity index (χ1v) is 8.32. The molecule has 2 amide bonds. The number of amides is 2. The van der Waals surface area contributed by atoms with Crippen molar-refractivity contribution in [1.29, 1.82) is 0 Å². The normalized spacial score (nSPS) is 10.4. The zero-order valence-electron chi connectivity index (χ0n) is 13.0. The maximum Gasteiger partial charge on any atom is 0.277 e. The van der Waals surface area contributed by atoms with Gasteiger partial charge in [0.1, 0.15) is 5.82 Å². The van der Waals surface area contributed by atoms with Crippen LogP contribution in [0.15, 0.2) is 33.9 Å². The van der Waals surface area contributed by atoms with E-state index >= 15 is 0 Å². The van der Waals surface area contributed by atoms with Crippen LogP contribution in [0, 0.1) is 5.82 Å². The Kier molecular flexibility index (Phi) is 6.74. The molecule has 128 valence electrons. The number of nitrogens with zero attached hydrogens (tertiary/aromatic N) is 2. The Morgan fingerprint density at radius 3 is 2.62 bits per heavy atom. The molecule has 0 aliphatic carbocycles. The van der Waals surface area contributed by atoms with Gasteiger partial charge in [-0.15, -0.1) is 10.2 Å². The third-order valence-electron chi connectivity index (χ3n) is 2.84. The minimum Gasteiger partial charge on any atom is -0.411 e. The summed E-state index contributed by atoms with van der Waals surface area (Å²) in [4.78, 5) is 23.0. The number of halogens is 1. The van der Waals surface area contributed by atoms with Gasteiger partial charge in [-0.05, 0) is 30.7 Å². The molecular weight excluding hydrogens is 335 g/mol. The van der Waals surface area contributed by atoms with Crippen molar-refractivity contribution in [3.63, 3.8) is 0 Å². The maximum absolute atomic E-state index is 12.9. The molecule has 1 aromatic heterocycles. The average molecular weight is 352 g/mol. The minimum absolute atomic E-state index is 0.0477. The van der Waals surface area contributed by atoms with E-state index in [0.717, 1.165) is 18.2 Å². The molecule has 2 N–H and O–H groups in total. The van der Waals surface area contributed by atoms with Crippen LogP contribution in [0.4, 0.5) is 4.39 Å². The number of benzene rings is 1. The van der Waals surface area contributed by atoms with Crippen LogP contribution in [0.1, 0.15) is 13.3 Å². The third kappa shape index (κ3) is 5.65. The van der Waals surface area contributed by atoms with E-state index in [0.29, 0.717) is 12.1 Å². The molecule has 24 heavy (non-hydrogen) atoms. The predicted octanol–water partition coefficient (Wildman–Crippen LogP) is 1.61. The summed E-state index contributed by atoms with van der Waals surface area (Å²) in [6.07, 6.45) is 0.836. The molecule has 0 aliphatic heterocycles. The van der Waals surface area contributed by atoms with Gasteiger partial charge in [0.2, 0.25) is 17.7 Å². The van der Waals surface area contributed by atoms with Crippen molar-refractivity contribution in [2.75, 3.05) is 18.8 Å². The molecule has 0 radical (unpaired) electrons. The van der Waals surface area contributed by atoms with Crippen molar-refractivity contribution in [2.45, 2.75) is 18.6 Å². The van der Waals surface area contributed by atoms with Gasteiger partial charge in [0, 0.05) is 12.1 Å². The van der Waals surface area contributed by atoms with Crippen LogP contribution >= 0.6 is 11.8 Å². The van der Waals surface area contributed by atoms with Crippen LogP contribution in [0.2, 0.25) is 0 Å². The zero-order chi connectivity index (χ0) is 17.4. The van der Waals surface area contributed by atoms with Gasteiger partial charge in [-0.1, -0.05) is 18.7 Å². The molecular formula is C15H17FN4O3S. The lowest BCUT2D eigenvalue weighted by Gasteiger charge is -2.04. The summed E-state index contributed by atoms with van der Waals surface area (Å²) in [5.41, 5.74) is 0.591. The highest BCUT2D eigenvalue weighted by Crippen LogP contribution is 2.23. The molecule has 0 saturated carbocycles. The molecule has 0 aliphatic rings. The largest absolute Gasteiger partial charge is 0.411 e. The second kappa shape index (κ2) is 9.02. The standard InChI is InChI=1S/C15H17FN4O3S/c1-2-7-17-12(21)8-18-13(22)9-24-15-20-19-14(23-15)10-3-5-11(16)6-4-10/h3-6H,2,7-9H2,1H3,(H,17,21)(H,18,22). The summed E-state index contributed by atoms with van der Waals surface area (Å²) in [5.74, 6) is -0.601. The molecule has 1 aromatic carbocycles. The summed E-state index contributed by atoms with van der Waals surface area (Å²) >= 11 is 1.06. The maximum atomic E-state index is 12.9. The van der Waals surface area contributed by atoms with E-state index in [2.05, 4.69) is 20.8 Å². The lowest BCUT2D eigenvalue weighted by atomic mass is 10.2. The zero-order valence-corrected chi connectivity index (χ0v) is 13.9. The summed E-state index contributed by atoms with van der Waals surface area (Å²) in [5, 5.41) is 13.0. The molecule has 2 rings (SSSR count). The Hall–Kier alpha value is -2.42. The average Bonchev–Trinajstić information content (AvgIpc) is 3.06. The molecule has 7 nitrogen and oxygen atoms in total. The van der Waals surface area contributed by atoms with Crippen molar-refractivity contribution in [3.05, 3.63) is 30.1 Å². The lowest BCUT2D eigenvalue weighted by Crippen LogP contribution is -2.37. The van der Waals surface area contributed by atoms with Crippen molar-refractivity contribution in [1.82, 2.24) is 20.8 Å². The van der Waals surface area contributed by atoms with Crippen LogP contribution in [0.5, 0.6) is 0 Å². The van der Waals surface area contributed by atoms with Gasteiger partial charge in [-0.2, -0.15) is 0 Å². The lowest BCUT2D eigenvalue weighted by molar-refractivity contribution is -0.124. The summed E-state index contributed by atoms with van der Waals surface area (Å²) in [6, 6.07) is 5.64. The number of carbonyl (C=O) groups excluding carboxylic acids is 2. The fourth-order valence-electron chi connectivity index (χ4n) is 1.66. The first-order valence-electron chi connectivity index (χ1n) is 7.34. The number of rotatable bonds is 8. The summed E-state index contributed by atoms with van der Waals surface area (Å²) in [6.45, 7) is 2.46. The van der Waals surface area contributed by atoms with Crippen molar-refractivity contribution in [3.8, 4) is 11.5 Å². The topological polar surface area (TPSA) is 97.1 Å².